The molecule has 1 heterocycles. The molecular weight excluding hydrogens is 348 g/mol. The van der Waals surface area contributed by atoms with Crippen molar-refractivity contribution in [3.8, 4) is 11.5 Å². The lowest BCUT2D eigenvalue weighted by molar-refractivity contribution is -0.115. The smallest absolute Gasteiger partial charge is 0.230 e. The number of hydrogen-bond donors (Lipinski definition) is 1. The van der Waals surface area contributed by atoms with Gasteiger partial charge in [-0.15, -0.1) is 0 Å². The second kappa shape index (κ2) is 8.19. The highest BCUT2D eigenvalue weighted by Crippen LogP contribution is 2.29. The zero-order chi connectivity index (χ0) is 18.5. The van der Waals surface area contributed by atoms with Crippen LogP contribution in [-0.4, -0.2) is 10.9 Å². The number of aromatic nitrogens is 1. The van der Waals surface area contributed by atoms with Crippen molar-refractivity contribution in [2.75, 3.05) is 5.32 Å². The van der Waals surface area contributed by atoms with Gasteiger partial charge in [0, 0.05) is 16.3 Å². The second-order valence-corrected chi connectivity index (χ2v) is 6.41. The van der Waals surface area contributed by atoms with Crippen LogP contribution in [0.2, 0.25) is 5.02 Å². The molecule has 3 rings (SSSR count). The number of nitrogens with zero attached hydrogens (tertiary/aromatic N) is 1. The Labute approximate surface area is 158 Å². The van der Waals surface area contributed by atoms with E-state index in [-0.39, 0.29) is 12.3 Å². The van der Waals surface area contributed by atoms with E-state index >= 15 is 0 Å². The summed E-state index contributed by atoms with van der Waals surface area (Å²) in [7, 11) is 0. The zero-order valence-corrected chi connectivity index (χ0v) is 15.6. The lowest BCUT2D eigenvalue weighted by atomic mass is 10.0. The summed E-state index contributed by atoms with van der Waals surface area (Å²) < 4.78 is 5.50. The van der Waals surface area contributed by atoms with Gasteiger partial charge >= 0.3 is 0 Å². The van der Waals surface area contributed by atoms with E-state index in [1.165, 1.54) is 6.26 Å². The lowest BCUT2D eigenvalue weighted by Gasteiger charge is -2.15. The van der Waals surface area contributed by atoms with Gasteiger partial charge in [0.1, 0.15) is 6.26 Å². The predicted molar refractivity (Wildman–Crippen MR) is 104 cm³/mol. The Morgan fingerprint density at radius 3 is 2.58 bits per heavy atom. The molecule has 0 unspecified atom stereocenters. The molecule has 3 aromatic rings. The van der Waals surface area contributed by atoms with Crippen LogP contribution in [0.1, 0.15) is 30.7 Å². The molecule has 0 atom stereocenters. The van der Waals surface area contributed by atoms with Crippen LogP contribution in [-0.2, 0) is 24.1 Å². The maximum absolute atomic E-state index is 12.5. The number of halogens is 1. The topological polar surface area (TPSA) is 55.1 Å². The summed E-state index contributed by atoms with van der Waals surface area (Å²) in [6.45, 7) is 4.09. The number of carbonyl (C=O) groups excluding carboxylic acids is 1. The molecule has 0 spiro atoms. The summed E-state index contributed by atoms with van der Waals surface area (Å²) in [5.74, 6) is 0.379. The van der Waals surface area contributed by atoms with Crippen LogP contribution in [0.25, 0.3) is 11.5 Å². The summed E-state index contributed by atoms with van der Waals surface area (Å²) in [5, 5.41) is 3.69. The average Bonchev–Trinajstić information content (AvgIpc) is 3.11. The molecule has 1 N–H and O–H groups in total. The van der Waals surface area contributed by atoms with Gasteiger partial charge < -0.3 is 9.73 Å². The summed E-state index contributed by atoms with van der Waals surface area (Å²) in [5.41, 5.74) is 4.34. The number of hydrogen-bond acceptors (Lipinski definition) is 3. The third kappa shape index (κ3) is 3.97. The molecule has 0 fully saturated rings. The molecule has 26 heavy (non-hydrogen) atoms. The Hall–Kier alpha value is -2.59. The van der Waals surface area contributed by atoms with Gasteiger partial charge in [-0.2, -0.15) is 0 Å². The predicted octanol–water partition coefficient (Wildman–Crippen LogP) is 5.30. The van der Waals surface area contributed by atoms with Gasteiger partial charge in [0.05, 0.1) is 12.1 Å². The number of benzene rings is 2. The SMILES string of the molecule is CCc1ccc(Cl)c(CC)c1NC(=O)Cc1coc(-c2ccccc2)n1. The first-order valence-corrected chi connectivity index (χ1v) is 9.10. The molecule has 2 aromatic carbocycles. The van der Waals surface area contributed by atoms with E-state index in [2.05, 4.69) is 17.2 Å². The third-order valence-corrected chi connectivity index (χ3v) is 4.61. The van der Waals surface area contributed by atoms with Gasteiger partial charge in [-0.25, -0.2) is 4.98 Å². The fourth-order valence-electron chi connectivity index (χ4n) is 2.92. The minimum Gasteiger partial charge on any atom is -0.444 e. The number of rotatable bonds is 6. The third-order valence-electron chi connectivity index (χ3n) is 4.26. The minimum absolute atomic E-state index is 0.135. The van der Waals surface area contributed by atoms with Gasteiger partial charge in [-0.3, -0.25) is 4.79 Å². The van der Waals surface area contributed by atoms with Crippen LogP contribution in [0.15, 0.2) is 53.1 Å². The monoisotopic (exact) mass is 368 g/mol. The fraction of sp³-hybridized carbons (Fsp3) is 0.238. The Morgan fingerprint density at radius 2 is 1.88 bits per heavy atom. The highest BCUT2D eigenvalue weighted by molar-refractivity contribution is 6.32. The number of amides is 1. The number of anilines is 1. The van der Waals surface area contributed by atoms with E-state index in [1.807, 2.05) is 49.4 Å². The standard InChI is InChI=1S/C21H21ClN2O2/c1-3-14-10-11-18(22)17(4-2)20(14)24-19(25)12-16-13-26-21(23-16)15-8-6-5-7-9-15/h5-11,13H,3-4,12H2,1-2H3,(H,24,25). The number of oxazole rings is 1. The van der Waals surface area contributed by atoms with Crippen LogP contribution < -0.4 is 5.32 Å². The van der Waals surface area contributed by atoms with Crippen LogP contribution >= 0.6 is 11.6 Å². The Morgan fingerprint density at radius 1 is 1.12 bits per heavy atom. The minimum atomic E-state index is -0.135. The van der Waals surface area contributed by atoms with Crippen molar-refractivity contribution in [2.45, 2.75) is 33.1 Å². The molecule has 0 saturated carbocycles. The normalized spacial score (nSPS) is 10.7. The summed E-state index contributed by atoms with van der Waals surface area (Å²) in [4.78, 5) is 17.0. The molecule has 0 aliphatic rings. The van der Waals surface area contributed by atoms with Crippen molar-refractivity contribution < 1.29 is 9.21 Å². The Balaban J connectivity index is 1.76. The Kier molecular flexibility index (Phi) is 5.74. The molecule has 0 bridgehead atoms. The van der Waals surface area contributed by atoms with Crippen molar-refractivity contribution in [2.24, 2.45) is 0 Å². The highest BCUT2D eigenvalue weighted by Gasteiger charge is 2.15. The first kappa shape index (κ1) is 18.2. The molecular formula is C21H21ClN2O2. The highest BCUT2D eigenvalue weighted by atomic mass is 35.5. The summed E-state index contributed by atoms with van der Waals surface area (Å²) in [6.07, 6.45) is 3.25. The molecule has 0 saturated heterocycles. The lowest BCUT2D eigenvalue weighted by Crippen LogP contribution is -2.17. The van der Waals surface area contributed by atoms with E-state index in [9.17, 15) is 4.79 Å². The van der Waals surface area contributed by atoms with E-state index in [4.69, 9.17) is 16.0 Å². The van der Waals surface area contributed by atoms with Crippen molar-refractivity contribution in [1.29, 1.82) is 0 Å². The average molecular weight is 369 g/mol. The first-order chi connectivity index (χ1) is 12.6. The number of aryl methyl sites for hydroxylation is 1. The van der Waals surface area contributed by atoms with Gasteiger partial charge in [-0.1, -0.05) is 49.7 Å². The molecule has 0 aliphatic carbocycles. The number of nitrogens with one attached hydrogen (secondary N) is 1. The molecule has 0 radical (unpaired) electrons. The van der Waals surface area contributed by atoms with Crippen LogP contribution in [0.4, 0.5) is 5.69 Å². The maximum atomic E-state index is 12.5. The van der Waals surface area contributed by atoms with Crippen LogP contribution in [0, 0.1) is 0 Å². The van der Waals surface area contributed by atoms with Crippen LogP contribution in [0.5, 0.6) is 0 Å². The van der Waals surface area contributed by atoms with Gasteiger partial charge in [0.25, 0.3) is 0 Å². The van der Waals surface area contributed by atoms with Crippen molar-refractivity contribution in [3.63, 3.8) is 0 Å². The van der Waals surface area contributed by atoms with Gasteiger partial charge in [-0.05, 0) is 42.2 Å². The van der Waals surface area contributed by atoms with Crippen molar-refractivity contribution in [1.82, 2.24) is 4.98 Å². The molecule has 134 valence electrons. The zero-order valence-electron chi connectivity index (χ0n) is 14.9. The molecule has 0 aliphatic heterocycles. The largest absolute Gasteiger partial charge is 0.444 e. The molecule has 4 nitrogen and oxygen atoms in total. The van der Waals surface area contributed by atoms with E-state index < -0.39 is 0 Å². The summed E-state index contributed by atoms with van der Waals surface area (Å²) in [6, 6.07) is 13.5. The Bertz CT molecular complexity index is 904. The van der Waals surface area contributed by atoms with Crippen LogP contribution in [0.3, 0.4) is 0 Å². The van der Waals surface area contributed by atoms with E-state index in [0.29, 0.717) is 16.6 Å². The fourth-order valence-corrected chi connectivity index (χ4v) is 3.21. The van der Waals surface area contributed by atoms with E-state index in [0.717, 1.165) is 35.2 Å². The first-order valence-electron chi connectivity index (χ1n) is 8.72. The van der Waals surface area contributed by atoms with Crippen molar-refractivity contribution >= 4 is 23.2 Å². The summed E-state index contributed by atoms with van der Waals surface area (Å²) >= 11 is 6.29. The molecule has 1 aromatic heterocycles. The maximum Gasteiger partial charge on any atom is 0.230 e. The van der Waals surface area contributed by atoms with Gasteiger partial charge in [0.15, 0.2) is 0 Å². The van der Waals surface area contributed by atoms with E-state index in [1.54, 1.807) is 0 Å². The molecule has 5 heteroatoms. The number of carbonyl (C=O) groups is 1. The molecule has 1 amide bonds. The van der Waals surface area contributed by atoms with Crippen molar-refractivity contribution in [3.05, 3.63) is 70.6 Å². The van der Waals surface area contributed by atoms with Gasteiger partial charge in [0.2, 0.25) is 11.8 Å². The quantitative estimate of drug-likeness (QED) is 0.642. The second-order valence-electron chi connectivity index (χ2n) is 6.00.